The monoisotopic (exact) mass is 497 g/mol. The Morgan fingerprint density at radius 1 is 1.17 bits per heavy atom. The van der Waals surface area contributed by atoms with E-state index in [0.29, 0.717) is 16.3 Å². The molecule has 182 valence electrons. The Morgan fingerprint density at radius 2 is 1.94 bits per heavy atom. The molecule has 2 amide bonds. The van der Waals surface area contributed by atoms with Gasteiger partial charge in [0.1, 0.15) is 17.4 Å². The SMILES string of the molecule is CCOC(=O)C1=C(COC(=O)c2csc(-c3cnn(C)c3)n2)NC(=O)NC1c1ccc(OC)cc1. The van der Waals surface area contributed by atoms with E-state index in [1.165, 1.54) is 11.3 Å². The molecule has 0 radical (unpaired) electrons. The number of hydrogen-bond acceptors (Lipinski definition) is 9. The van der Waals surface area contributed by atoms with Crippen molar-refractivity contribution in [3.8, 4) is 16.3 Å². The van der Waals surface area contributed by atoms with Crippen LogP contribution >= 0.6 is 11.3 Å². The highest BCUT2D eigenvalue weighted by Gasteiger charge is 2.34. The Bertz CT molecular complexity index is 1280. The lowest BCUT2D eigenvalue weighted by atomic mass is 9.95. The molecular weight excluding hydrogens is 474 g/mol. The van der Waals surface area contributed by atoms with Gasteiger partial charge in [-0.15, -0.1) is 11.3 Å². The number of methoxy groups -OCH3 is 1. The first-order valence-electron chi connectivity index (χ1n) is 10.6. The summed E-state index contributed by atoms with van der Waals surface area (Å²) in [6.07, 6.45) is 3.43. The van der Waals surface area contributed by atoms with Crippen molar-refractivity contribution < 1.29 is 28.6 Å². The van der Waals surface area contributed by atoms with Crippen LogP contribution < -0.4 is 15.4 Å². The molecule has 1 unspecified atom stereocenters. The van der Waals surface area contributed by atoms with Crippen LogP contribution in [0.3, 0.4) is 0 Å². The molecule has 0 saturated heterocycles. The third kappa shape index (κ3) is 5.32. The van der Waals surface area contributed by atoms with Crippen LogP contribution in [0, 0.1) is 0 Å². The number of carbonyl (C=O) groups excluding carboxylic acids is 3. The summed E-state index contributed by atoms with van der Waals surface area (Å²) >= 11 is 1.28. The molecule has 35 heavy (non-hydrogen) atoms. The van der Waals surface area contributed by atoms with Gasteiger partial charge in [0.25, 0.3) is 0 Å². The lowest BCUT2D eigenvalue weighted by Crippen LogP contribution is -2.47. The van der Waals surface area contributed by atoms with E-state index in [2.05, 4.69) is 20.7 Å². The summed E-state index contributed by atoms with van der Waals surface area (Å²) in [4.78, 5) is 42.2. The van der Waals surface area contributed by atoms with E-state index >= 15 is 0 Å². The molecule has 1 atom stereocenters. The average Bonchev–Trinajstić information content (AvgIpc) is 3.51. The Labute approximate surface area is 204 Å². The fourth-order valence-electron chi connectivity index (χ4n) is 3.47. The second-order valence-corrected chi connectivity index (χ2v) is 8.29. The van der Waals surface area contributed by atoms with Crippen LogP contribution in [0.5, 0.6) is 5.75 Å². The number of hydrogen-bond donors (Lipinski definition) is 2. The van der Waals surface area contributed by atoms with Crippen molar-refractivity contribution in [3.05, 3.63) is 64.6 Å². The smallest absolute Gasteiger partial charge is 0.358 e. The maximum atomic E-state index is 12.8. The first-order valence-corrected chi connectivity index (χ1v) is 11.5. The third-order valence-electron chi connectivity index (χ3n) is 5.11. The summed E-state index contributed by atoms with van der Waals surface area (Å²) in [5, 5.41) is 11.6. The molecule has 0 saturated carbocycles. The zero-order chi connectivity index (χ0) is 24.9. The Hall–Kier alpha value is -4.19. The fraction of sp³-hybridized carbons (Fsp3) is 0.261. The van der Waals surface area contributed by atoms with Gasteiger partial charge >= 0.3 is 18.0 Å². The van der Waals surface area contributed by atoms with Crippen molar-refractivity contribution in [2.75, 3.05) is 20.3 Å². The number of aromatic nitrogens is 3. The maximum Gasteiger partial charge on any atom is 0.358 e. The maximum absolute atomic E-state index is 12.8. The van der Waals surface area contributed by atoms with Gasteiger partial charge in [0.05, 0.1) is 37.2 Å². The van der Waals surface area contributed by atoms with Crippen LogP contribution in [0.15, 0.2) is 53.3 Å². The van der Waals surface area contributed by atoms with Gasteiger partial charge < -0.3 is 24.8 Å². The van der Waals surface area contributed by atoms with Crippen LogP contribution in [0.4, 0.5) is 4.79 Å². The molecule has 0 aliphatic carbocycles. The average molecular weight is 498 g/mol. The minimum absolute atomic E-state index is 0.110. The topological polar surface area (TPSA) is 134 Å². The van der Waals surface area contributed by atoms with Crippen LogP contribution in [0.1, 0.15) is 29.0 Å². The minimum atomic E-state index is -0.807. The molecule has 2 aromatic heterocycles. The zero-order valence-corrected chi connectivity index (χ0v) is 20.0. The number of rotatable bonds is 8. The van der Waals surface area contributed by atoms with E-state index in [4.69, 9.17) is 14.2 Å². The third-order valence-corrected chi connectivity index (χ3v) is 6.00. The van der Waals surface area contributed by atoms with Gasteiger partial charge in [-0.05, 0) is 24.6 Å². The van der Waals surface area contributed by atoms with E-state index in [-0.39, 0.29) is 30.2 Å². The molecule has 1 aliphatic rings. The molecule has 2 N–H and O–H groups in total. The van der Waals surface area contributed by atoms with Gasteiger partial charge in [0.15, 0.2) is 5.69 Å². The molecule has 0 bridgehead atoms. The summed E-state index contributed by atoms with van der Waals surface area (Å²) in [6.45, 7) is 1.46. The number of aryl methyl sites for hydroxylation is 1. The molecule has 1 aliphatic heterocycles. The van der Waals surface area contributed by atoms with Crippen molar-refractivity contribution in [3.63, 3.8) is 0 Å². The highest BCUT2D eigenvalue weighted by Crippen LogP contribution is 2.29. The van der Waals surface area contributed by atoms with E-state index in [0.717, 1.165) is 5.56 Å². The quantitative estimate of drug-likeness (QED) is 0.454. The Kier molecular flexibility index (Phi) is 7.11. The van der Waals surface area contributed by atoms with Gasteiger partial charge in [-0.1, -0.05) is 12.1 Å². The molecule has 1 aromatic carbocycles. The summed E-state index contributed by atoms with van der Waals surface area (Å²) in [6, 6.07) is 5.54. The number of carbonyl (C=O) groups is 3. The van der Waals surface area contributed by atoms with Crippen molar-refractivity contribution in [2.24, 2.45) is 7.05 Å². The largest absolute Gasteiger partial charge is 0.497 e. The van der Waals surface area contributed by atoms with Crippen molar-refractivity contribution >= 4 is 29.3 Å². The highest BCUT2D eigenvalue weighted by atomic mass is 32.1. The van der Waals surface area contributed by atoms with Crippen molar-refractivity contribution in [1.29, 1.82) is 0 Å². The van der Waals surface area contributed by atoms with Crippen LogP contribution in [-0.4, -0.2) is 53.1 Å². The van der Waals surface area contributed by atoms with Gasteiger partial charge in [0, 0.05) is 24.2 Å². The number of amides is 2. The highest BCUT2D eigenvalue weighted by molar-refractivity contribution is 7.13. The van der Waals surface area contributed by atoms with Gasteiger partial charge in [-0.3, -0.25) is 4.68 Å². The Morgan fingerprint density at radius 3 is 2.60 bits per heavy atom. The van der Waals surface area contributed by atoms with E-state index < -0.39 is 24.0 Å². The normalized spacial score (nSPS) is 15.3. The summed E-state index contributed by atoms with van der Waals surface area (Å²) in [7, 11) is 3.33. The summed E-state index contributed by atoms with van der Waals surface area (Å²) < 4.78 is 17.4. The standard InChI is InChI=1S/C23H23N5O6S/c1-4-33-22(30)18-16(26-23(31)27-19(18)13-5-7-15(32-3)8-6-13)11-34-21(29)17-12-35-20(25-17)14-9-24-28(2)10-14/h5-10,12,19H,4,11H2,1-3H3,(H2,26,27,31). The second-order valence-electron chi connectivity index (χ2n) is 7.43. The number of ether oxygens (including phenoxy) is 3. The molecule has 3 aromatic rings. The van der Waals surface area contributed by atoms with Crippen molar-refractivity contribution in [2.45, 2.75) is 13.0 Å². The number of nitrogens with one attached hydrogen (secondary N) is 2. The predicted molar refractivity (Wildman–Crippen MR) is 126 cm³/mol. The molecule has 0 fully saturated rings. The molecule has 11 nitrogen and oxygen atoms in total. The minimum Gasteiger partial charge on any atom is -0.497 e. The number of benzene rings is 1. The summed E-state index contributed by atoms with van der Waals surface area (Å²) in [5.41, 5.74) is 1.78. The van der Waals surface area contributed by atoms with Crippen molar-refractivity contribution in [1.82, 2.24) is 25.4 Å². The first-order chi connectivity index (χ1) is 16.9. The molecule has 12 heteroatoms. The number of esters is 2. The molecule has 0 spiro atoms. The second kappa shape index (κ2) is 10.4. The molecule has 4 rings (SSSR count). The predicted octanol–water partition coefficient (Wildman–Crippen LogP) is 2.58. The molecule has 3 heterocycles. The summed E-state index contributed by atoms with van der Waals surface area (Å²) in [5.74, 6) is -0.709. The lowest BCUT2D eigenvalue weighted by molar-refractivity contribution is -0.139. The fourth-order valence-corrected chi connectivity index (χ4v) is 4.24. The number of thiazole rings is 1. The first kappa shape index (κ1) is 24.0. The Balaban J connectivity index is 1.58. The van der Waals surface area contributed by atoms with Gasteiger partial charge in [-0.25, -0.2) is 19.4 Å². The zero-order valence-electron chi connectivity index (χ0n) is 19.2. The lowest BCUT2D eigenvalue weighted by Gasteiger charge is -2.29. The van der Waals surface area contributed by atoms with Crippen LogP contribution in [-0.2, 0) is 21.3 Å². The van der Waals surface area contributed by atoms with Crippen LogP contribution in [0.2, 0.25) is 0 Å². The van der Waals surface area contributed by atoms with E-state index in [1.54, 1.807) is 67.8 Å². The number of urea groups is 1. The van der Waals surface area contributed by atoms with Gasteiger partial charge in [0.2, 0.25) is 0 Å². The van der Waals surface area contributed by atoms with E-state index in [1.807, 2.05) is 0 Å². The van der Waals surface area contributed by atoms with E-state index in [9.17, 15) is 14.4 Å². The van der Waals surface area contributed by atoms with Gasteiger partial charge in [-0.2, -0.15) is 5.10 Å². The van der Waals surface area contributed by atoms with Crippen LogP contribution in [0.25, 0.3) is 10.6 Å². The molecular formula is C23H23N5O6S. The number of nitrogens with zero attached hydrogens (tertiary/aromatic N) is 3.